The van der Waals surface area contributed by atoms with E-state index in [2.05, 4.69) is 22.9 Å². The van der Waals surface area contributed by atoms with Gasteiger partial charge in [-0.25, -0.2) is 8.42 Å². The van der Waals surface area contributed by atoms with Crippen LogP contribution in [0.3, 0.4) is 0 Å². The van der Waals surface area contributed by atoms with E-state index in [1.807, 2.05) is 0 Å². The minimum Gasteiger partial charge on any atom is -0.398 e. The zero-order chi connectivity index (χ0) is 13.3. The molecule has 0 saturated carbocycles. The van der Waals surface area contributed by atoms with E-state index in [0.717, 1.165) is 12.8 Å². The second-order valence-corrected chi connectivity index (χ2v) is 7.56. The highest BCUT2D eigenvalue weighted by molar-refractivity contribution is 9.10. The van der Waals surface area contributed by atoms with Crippen LogP contribution in [0.4, 0.5) is 5.69 Å². The summed E-state index contributed by atoms with van der Waals surface area (Å²) in [7, 11) is -3.38. The maximum Gasteiger partial charge on any atom is 0.243 e. The van der Waals surface area contributed by atoms with Gasteiger partial charge in [0.1, 0.15) is 0 Å². The van der Waals surface area contributed by atoms with Gasteiger partial charge >= 0.3 is 0 Å². The summed E-state index contributed by atoms with van der Waals surface area (Å²) in [5.41, 5.74) is 6.22. The van der Waals surface area contributed by atoms with Gasteiger partial charge in [0.05, 0.1) is 4.90 Å². The van der Waals surface area contributed by atoms with Crippen LogP contribution in [0.2, 0.25) is 0 Å². The summed E-state index contributed by atoms with van der Waals surface area (Å²) in [6.07, 6.45) is 1.85. The molecule has 6 heteroatoms. The van der Waals surface area contributed by atoms with Crippen LogP contribution in [0.15, 0.2) is 27.6 Å². The number of piperidine rings is 1. The molecule has 1 aromatic rings. The Morgan fingerprint density at radius 1 is 1.33 bits per heavy atom. The number of nitrogens with zero attached hydrogens (tertiary/aromatic N) is 1. The quantitative estimate of drug-likeness (QED) is 0.846. The van der Waals surface area contributed by atoms with E-state index in [-0.39, 0.29) is 0 Å². The highest BCUT2D eigenvalue weighted by Crippen LogP contribution is 2.27. The zero-order valence-corrected chi connectivity index (χ0v) is 12.7. The van der Waals surface area contributed by atoms with Crippen LogP contribution in [-0.2, 0) is 10.0 Å². The molecule has 0 bridgehead atoms. The van der Waals surface area contributed by atoms with Crippen LogP contribution in [0.5, 0.6) is 0 Å². The lowest BCUT2D eigenvalue weighted by Crippen LogP contribution is -2.37. The fourth-order valence-corrected chi connectivity index (χ4v) is 4.07. The molecule has 2 N–H and O–H groups in total. The van der Waals surface area contributed by atoms with Gasteiger partial charge in [-0.05, 0) is 52.9 Å². The van der Waals surface area contributed by atoms with Gasteiger partial charge in [-0.3, -0.25) is 0 Å². The van der Waals surface area contributed by atoms with Crippen LogP contribution < -0.4 is 5.73 Å². The summed E-state index contributed by atoms with van der Waals surface area (Å²) in [5, 5.41) is 0. The number of rotatable bonds is 2. The van der Waals surface area contributed by atoms with Crippen molar-refractivity contribution in [3.8, 4) is 0 Å². The Kier molecular flexibility index (Phi) is 3.99. The van der Waals surface area contributed by atoms with Crippen molar-refractivity contribution in [2.45, 2.75) is 24.7 Å². The van der Waals surface area contributed by atoms with Crippen LogP contribution in [0.1, 0.15) is 19.8 Å². The van der Waals surface area contributed by atoms with Gasteiger partial charge in [-0.2, -0.15) is 4.31 Å². The molecule has 4 nitrogen and oxygen atoms in total. The maximum absolute atomic E-state index is 12.4. The lowest BCUT2D eigenvalue weighted by atomic mass is 10.0. The SMILES string of the molecule is CC1CCN(S(=O)(=O)c2ccc(N)c(Br)c2)CC1. The average molecular weight is 333 g/mol. The average Bonchev–Trinajstić information content (AvgIpc) is 2.33. The van der Waals surface area contributed by atoms with Crippen molar-refractivity contribution in [2.75, 3.05) is 18.8 Å². The first-order valence-electron chi connectivity index (χ1n) is 5.96. The Hall–Kier alpha value is -0.590. The van der Waals surface area contributed by atoms with E-state index in [9.17, 15) is 8.42 Å². The van der Waals surface area contributed by atoms with E-state index >= 15 is 0 Å². The number of nitrogen functional groups attached to an aromatic ring is 1. The number of sulfonamides is 1. The zero-order valence-electron chi connectivity index (χ0n) is 10.3. The standard InChI is InChI=1S/C12H17BrN2O2S/c1-9-4-6-15(7-5-9)18(16,17)10-2-3-12(14)11(13)8-10/h2-3,8-9H,4-7,14H2,1H3. The van der Waals surface area contributed by atoms with Crippen molar-refractivity contribution in [2.24, 2.45) is 5.92 Å². The summed E-state index contributed by atoms with van der Waals surface area (Å²) in [4.78, 5) is 0.304. The van der Waals surface area contributed by atoms with Crippen LogP contribution in [0.25, 0.3) is 0 Å². The van der Waals surface area contributed by atoms with Crippen molar-refractivity contribution in [3.63, 3.8) is 0 Å². The molecule has 0 aliphatic carbocycles. The van der Waals surface area contributed by atoms with Gasteiger partial charge in [-0.15, -0.1) is 0 Å². The number of hydrogen-bond acceptors (Lipinski definition) is 3. The molecular formula is C12H17BrN2O2S. The normalized spacial score (nSPS) is 19.0. The molecule has 0 unspecified atom stereocenters. The minimum atomic E-state index is -3.38. The van der Waals surface area contributed by atoms with Crippen LogP contribution >= 0.6 is 15.9 Å². The third-order valence-corrected chi connectivity index (χ3v) is 5.93. The van der Waals surface area contributed by atoms with E-state index in [1.165, 1.54) is 0 Å². The minimum absolute atomic E-state index is 0.304. The predicted octanol–water partition coefficient (Wildman–Crippen LogP) is 2.45. The molecule has 100 valence electrons. The Morgan fingerprint density at radius 3 is 2.50 bits per heavy atom. The topological polar surface area (TPSA) is 63.4 Å². The number of benzene rings is 1. The first-order chi connectivity index (χ1) is 8.41. The van der Waals surface area contributed by atoms with Crippen molar-refractivity contribution in [1.29, 1.82) is 0 Å². The fourth-order valence-electron chi connectivity index (χ4n) is 2.04. The van der Waals surface area contributed by atoms with Gasteiger partial charge in [0, 0.05) is 23.2 Å². The van der Waals surface area contributed by atoms with Gasteiger partial charge in [0.25, 0.3) is 0 Å². The maximum atomic E-state index is 12.4. The fraction of sp³-hybridized carbons (Fsp3) is 0.500. The summed E-state index contributed by atoms with van der Waals surface area (Å²) in [5.74, 6) is 0.606. The lowest BCUT2D eigenvalue weighted by Gasteiger charge is -2.29. The summed E-state index contributed by atoms with van der Waals surface area (Å²) in [6.45, 7) is 3.36. The molecule has 2 rings (SSSR count). The number of anilines is 1. The van der Waals surface area contributed by atoms with Gasteiger partial charge < -0.3 is 5.73 Å². The Labute approximate surface area is 116 Å². The Bertz CT molecular complexity index is 537. The first-order valence-corrected chi connectivity index (χ1v) is 8.20. The van der Waals surface area contributed by atoms with Crippen molar-refractivity contribution >= 4 is 31.6 Å². The van der Waals surface area contributed by atoms with Crippen molar-refractivity contribution in [1.82, 2.24) is 4.31 Å². The second-order valence-electron chi connectivity index (χ2n) is 4.77. The molecule has 0 spiro atoms. The molecule has 1 heterocycles. The van der Waals surface area contributed by atoms with E-state index in [4.69, 9.17) is 5.73 Å². The largest absolute Gasteiger partial charge is 0.398 e. The Morgan fingerprint density at radius 2 is 1.94 bits per heavy atom. The molecule has 1 fully saturated rings. The molecule has 18 heavy (non-hydrogen) atoms. The molecule has 0 aromatic heterocycles. The van der Waals surface area contributed by atoms with E-state index in [1.54, 1.807) is 22.5 Å². The van der Waals surface area contributed by atoms with E-state index < -0.39 is 10.0 Å². The summed E-state index contributed by atoms with van der Waals surface area (Å²) < 4.78 is 27.0. The van der Waals surface area contributed by atoms with Gasteiger partial charge in [-0.1, -0.05) is 6.92 Å². The predicted molar refractivity (Wildman–Crippen MR) is 75.7 cm³/mol. The molecule has 0 amide bonds. The van der Waals surface area contributed by atoms with Crippen molar-refractivity contribution in [3.05, 3.63) is 22.7 Å². The first kappa shape index (κ1) is 13.8. The van der Waals surface area contributed by atoms with Gasteiger partial charge in [0.2, 0.25) is 10.0 Å². The number of hydrogen-bond donors (Lipinski definition) is 1. The molecular weight excluding hydrogens is 316 g/mol. The van der Waals surface area contributed by atoms with E-state index in [0.29, 0.717) is 34.1 Å². The summed E-state index contributed by atoms with van der Waals surface area (Å²) in [6, 6.07) is 4.75. The number of nitrogens with two attached hydrogens (primary N) is 1. The van der Waals surface area contributed by atoms with Crippen LogP contribution in [-0.4, -0.2) is 25.8 Å². The third-order valence-electron chi connectivity index (χ3n) is 3.35. The molecule has 1 aliphatic rings. The van der Waals surface area contributed by atoms with Crippen molar-refractivity contribution < 1.29 is 8.42 Å². The van der Waals surface area contributed by atoms with Crippen LogP contribution in [0, 0.1) is 5.92 Å². The summed E-state index contributed by atoms with van der Waals surface area (Å²) >= 11 is 3.26. The molecule has 1 aromatic carbocycles. The highest BCUT2D eigenvalue weighted by Gasteiger charge is 2.28. The molecule has 1 saturated heterocycles. The molecule has 0 radical (unpaired) electrons. The lowest BCUT2D eigenvalue weighted by molar-refractivity contribution is 0.288. The Balaban J connectivity index is 2.27. The monoisotopic (exact) mass is 332 g/mol. The highest BCUT2D eigenvalue weighted by atomic mass is 79.9. The number of halogens is 1. The molecule has 0 atom stereocenters. The second kappa shape index (κ2) is 5.19. The molecule has 1 aliphatic heterocycles. The third kappa shape index (κ3) is 2.70. The smallest absolute Gasteiger partial charge is 0.243 e. The van der Waals surface area contributed by atoms with Gasteiger partial charge in [0.15, 0.2) is 0 Å².